The molecule has 19 heavy (non-hydrogen) atoms. The highest BCUT2D eigenvalue weighted by Crippen LogP contribution is 2.44. The van der Waals surface area contributed by atoms with Crippen molar-refractivity contribution in [2.45, 2.75) is 0 Å². The third-order valence-corrected chi connectivity index (χ3v) is 4.67. The van der Waals surface area contributed by atoms with Gasteiger partial charge in [0.15, 0.2) is 0 Å². The molecule has 1 aliphatic rings. The lowest BCUT2D eigenvalue weighted by molar-refractivity contribution is 0.0444. The Morgan fingerprint density at radius 2 is 1.05 bits per heavy atom. The summed E-state index contributed by atoms with van der Waals surface area (Å²) in [6.45, 7) is 0. The van der Waals surface area contributed by atoms with Crippen molar-refractivity contribution >= 4 is 69.1 Å². The molecule has 0 N–H and O–H groups in total. The molecule has 0 amide bonds. The first-order chi connectivity index (χ1) is 8.91. The van der Waals surface area contributed by atoms with Gasteiger partial charge in [0.25, 0.3) is 0 Å². The smallest absolute Gasteiger partial charge is 0.346 e. The molecule has 3 nitrogen and oxygen atoms in total. The van der Waals surface area contributed by atoms with Gasteiger partial charge in [-0.05, 0) is 12.1 Å². The van der Waals surface area contributed by atoms with Crippen LogP contribution in [0.1, 0.15) is 20.7 Å². The van der Waals surface area contributed by atoms with Crippen LogP contribution in [0.2, 0.25) is 20.1 Å². The van der Waals surface area contributed by atoms with E-state index < -0.39 is 11.9 Å². The number of rotatable bonds is 0. The van der Waals surface area contributed by atoms with Crippen LogP contribution in [0.15, 0.2) is 12.1 Å². The van der Waals surface area contributed by atoms with Gasteiger partial charge in [-0.2, -0.15) is 0 Å². The second-order valence-corrected chi connectivity index (χ2v) is 5.39. The lowest BCUT2D eigenvalue weighted by atomic mass is 10.0. The maximum absolute atomic E-state index is 11.5. The van der Waals surface area contributed by atoms with Crippen LogP contribution in [-0.2, 0) is 4.74 Å². The van der Waals surface area contributed by atoms with E-state index in [-0.39, 0.29) is 31.2 Å². The first kappa shape index (κ1) is 13.0. The van der Waals surface area contributed by atoms with E-state index in [1.54, 1.807) is 0 Å². The Balaban J connectivity index is 2.51. The molecule has 0 bridgehead atoms. The van der Waals surface area contributed by atoms with Crippen LogP contribution in [0.5, 0.6) is 0 Å². The van der Waals surface area contributed by atoms with Crippen molar-refractivity contribution in [3.8, 4) is 0 Å². The molecule has 2 aromatic rings. The Morgan fingerprint density at radius 1 is 0.684 bits per heavy atom. The van der Waals surface area contributed by atoms with Gasteiger partial charge < -0.3 is 4.74 Å². The maximum atomic E-state index is 11.5. The zero-order valence-electron chi connectivity index (χ0n) is 8.89. The lowest BCUT2D eigenvalue weighted by Gasteiger charge is -2.09. The predicted molar refractivity (Wildman–Crippen MR) is 73.7 cm³/mol. The van der Waals surface area contributed by atoms with Gasteiger partial charge in [0.05, 0.1) is 31.2 Å². The van der Waals surface area contributed by atoms with Gasteiger partial charge in [-0.25, -0.2) is 9.59 Å². The second kappa shape index (κ2) is 4.25. The molecule has 0 saturated heterocycles. The van der Waals surface area contributed by atoms with Crippen molar-refractivity contribution in [2.75, 3.05) is 0 Å². The topological polar surface area (TPSA) is 43.4 Å². The van der Waals surface area contributed by atoms with Crippen LogP contribution in [0.4, 0.5) is 0 Å². The Labute approximate surface area is 126 Å². The van der Waals surface area contributed by atoms with E-state index in [9.17, 15) is 9.59 Å². The second-order valence-electron chi connectivity index (χ2n) is 3.88. The van der Waals surface area contributed by atoms with Gasteiger partial charge in [0.1, 0.15) is 0 Å². The molecule has 96 valence electrons. The molecule has 1 aliphatic heterocycles. The summed E-state index contributed by atoms with van der Waals surface area (Å²) in [4.78, 5) is 23.0. The van der Waals surface area contributed by atoms with Crippen molar-refractivity contribution in [3.05, 3.63) is 43.4 Å². The van der Waals surface area contributed by atoms with Gasteiger partial charge in [-0.15, -0.1) is 0 Å². The number of halogens is 4. The lowest BCUT2D eigenvalue weighted by Crippen LogP contribution is -1.96. The minimum Gasteiger partial charge on any atom is -0.386 e. The molecule has 0 saturated carbocycles. The van der Waals surface area contributed by atoms with Crippen molar-refractivity contribution in [3.63, 3.8) is 0 Å². The molecule has 0 radical (unpaired) electrons. The summed E-state index contributed by atoms with van der Waals surface area (Å²) in [5.74, 6) is -1.44. The predicted octanol–water partition coefficient (Wildman–Crippen LogP) is 4.76. The molecule has 1 heterocycles. The van der Waals surface area contributed by atoms with Gasteiger partial charge >= 0.3 is 11.9 Å². The first-order valence-corrected chi connectivity index (χ1v) is 6.49. The number of cyclic esters (lactones) is 2. The van der Waals surface area contributed by atoms with Crippen LogP contribution >= 0.6 is 46.4 Å². The number of esters is 2. The monoisotopic (exact) mass is 334 g/mol. The summed E-state index contributed by atoms with van der Waals surface area (Å²) in [5, 5.41) is 1.40. The largest absolute Gasteiger partial charge is 0.386 e. The van der Waals surface area contributed by atoms with Gasteiger partial charge in [0.2, 0.25) is 0 Å². The number of benzene rings is 2. The number of ether oxygens (including phenoxy) is 1. The zero-order chi connectivity index (χ0) is 13.9. The quantitative estimate of drug-likeness (QED) is 0.301. The summed E-state index contributed by atoms with van der Waals surface area (Å²) in [6.07, 6.45) is 0. The highest BCUT2D eigenvalue weighted by molar-refractivity contribution is 6.55. The Kier molecular flexibility index (Phi) is 2.91. The van der Waals surface area contributed by atoms with E-state index in [2.05, 4.69) is 4.74 Å². The van der Waals surface area contributed by atoms with Crippen molar-refractivity contribution < 1.29 is 14.3 Å². The van der Waals surface area contributed by atoms with Gasteiger partial charge in [-0.1, -0.05) is 46.4 Å². The Bertz CT molecular complexity index is 718. The molecular weight excluding hydrogens is 334 g/mol. The summed E-state index contributed by atoms with van der Waals surface area (Å²) in [6, 6.07) is 2.85. The summed E-state index contributed by atoms with van der Waals surface area (Å²) in [5.41, 5.74) is 0.266. The van der Waals surface area contributed by atoms with E-state index >= 15 is 0 Å². The third kappa shape index (κ3) is 1.73. The van der Waals surface area contributed by atoms with Crippen LogP contribution < -0.4 is 0 Å². The molecule has 0 aromatic heterocycles. The average Bonchev–Trinajstić information content (AvgIpc) is 2.67. The number of fused-ring (bicyclic) bond motifs is 2. The molecule has 0 spiro atoms. The zero-order valence-corrected chi connectivity index (χ0v) is 11.9. The van der Waals surface area contributed by atoms with E-state index in [1.165, 1.54) is 12.1 Å². The molecule has 0 atom stereocenters. The number of hydrogen-bond acceptors (Lipinski definition) is 3. The standard InChI is InChI=1S/C12H2Cl4O3/c13-7-3-1-5-6(12(18)19-11(5)17)2-4(3)8(14)10(16)9(7)15/h1-2H. The summed E-state index contributed by atoms with van der Waals surface area (Å²) in [7, 11) is 0. The number of hydrogen-bond donors (Lipinski definition) is 0. The molecule has 2 aromatic carbocycles. The Hall–Kier alpha value is -1.000. The number of carbonyl (C=O) groups excluding carboxylic acids is 2. The minimum atomic E-state index is -0.722. The molecule has 7 heteroatoms. The normalized spacial score (nSPS) is 13.9. The highest BCUT2D eigenvalue weighted by Gasteiger charge is 2.31. The van der Waals surface area contributed by atoms with Crippen LogP contribution in [-0.4, -0.2) is 11.9 Å². The minimum absolute atomic E-state index is 0.0958. The van der Waals surface area contributed by atoms with E-state index in [0.717, 1.165) is 0 Å². The van der Waals surface area contributed by atoms with Crippen molar-refractivity contribution in [1.82, 2.24) is 0 Å². The van der Waals surface area contributed by atoms with E-state index in [1.807, 2.05) is 0 Å². The van der Waals surface area contributed by atoms with Crippen LogP contribution in [0, 0.1) is 0 Å². The van der Waals surface area contributed by atoms with Gasteiger partial charge in [-0.3, -0.25) is 0 Å². The Morgan fingerprint density at radius 3 is 1.42 bits per heavy atom. The fraction of sp³-hybridized carbons (Fsp3) is 0. The fourth-order valence-corrected chi connectivity index (χ4v) is 2.91. The molecule has 0 aliphatic carbocycles. The van der Waals surface area contributed by atoms with Crippen LogP contribution in [0.25, 0.3) is 10.8 Å². The SMILES string of the molecule is O=C1OC(=O)c2cc3c(Cl)c(Cl)c(Cl)c(Cl)c3cc21. The molecule has 3 rings (SSSR count). The molecule has 0 unspecified atom stereocenters. The average molecular weight is 336 g/mol. The van der Waals surface area contributed by atoms with Crippen molar-refractivity contribution in [1.29, 1.82) is 0 Å². The summed E-state index contributed by atoms with van der Waals surface area (Å²) < 4.78 is 4.51. The van der Waals surface area contributed by atoms with E-state index in [0.29, 0.717) is 10.8 Å². The fourth-order valence-electron chi connectivity index (χ4n) is 1.92. The molecular formula is C12H2Cl4O3. The molecule has 0 fully saturated rings. The maximum Gasteiger partial charge on any atom is 0.346 e. The van der Waals surface area contributed by atoms with Crippen molar-refractivity contribution in [2.24, 2.45) is 0 Å². The first-order valence-electron chi connectivity index (χ1n) is 4.98. The van der Waals surface area contributed by atoms with Gasteiger partial charge in [0, 0.05) is 10.8 Å². The number of carbonyl (C=O) groups is 2. The van der Waals surface area contributed by atoms with E-state index in [4.69, 9.17) is 46.4 Å². The van der Waals surface area contributed by atoms with Crippen LogP contribution in [0.3, 0.4) is 0 Å². The highest BCUT2D eigenvalue weighted by atomic mass is 35.5. The third-order valence-electron chi connectivity index (χ3n) is 2.83. The summed E-state index contributed by atoms with van der Waals surface area (Å²) >= 11 is 24.0.